The number of unbranched alkanes of at least 4 members (excludes halogenated alkanes) is 1. The van der Waals surface area contributed by atoms with Crippen molar-refractivity contribution in [1.82, 2.24) is 15.3 Å². The number of aromatic amines is 1. The Balaban J connectivity index is 1.77. The Morgan fingerprint density at radius 2 is 1.45 bits per heavy atom. The van der Waals surface area contributed by atoms with E-state index in [1.807, 2.05) is 0 Å². The average molecular weight is 564 g/mol. The van der Waals surface area contributed by atoms with Crippen molar-refractivity contribution in [1.29, 1.82) is 0 Å². The number of benzene rings is 2. The molecule has 0 saturated heterocycles. The number of nitrogens with one attached hydrogen (secondary N) is 4. The zero-order valence-corrected chi connectivity index (χ0v) is 24.0. The van der Waals surface area contributed by atoms with Crippen LogP contribution in [0.4, 0.5) is 11.4 Å². The number of rotatable bonds is 10. The number of H-pyrrole nitrogens is 1. The van der Waals surface area contributed by atoms with Crippen LogP contribution in [-0.2, 0) is 16.0 Å². The molecule has 1 aromatic heterocycles. The third-order valence-corrected chi connectivity index (χ3v) is 6.98. The third kappa shape index (κ3) is 6.31. The van der Waals surface area contributed by atoms with Crippen molar-refractivity contribution >= 4 is 34.8 Å². The minimum Gasteiger partial charge on any atom is -0.497 e. The van der Waals surface area contributed by atoms with Gasteiger partial charge in [0.05, 0.1) is 25.8 Å². The number of halogens is 1. The summed E-state index contributed by atoms with van der Waals surface area (Å²) < 4.78 is 10.6. The number of hydrogen-bond acceptors (Lipinski definition) is 6. The van der Waals surface area contributed by atoms with E-state index in [1.165, 1.54) is 0 Å². The molecule has 210 valence electrons. The number of amides is 2. The Labute approximate surface area is 239 Å². The lowest BCUT2D eigenvalue weighted by Gasteiger charge is -2.30. The highest BCUT2D eigenvalue weighted by atomic mass is 35.5. The number of ether oxygens (including phenoxy) is 2. The highest BCUT2D eigenvalue weighted by molar-refractivity contribution is 6.30. The molecule has 1 aliphatic heterocycles. The molecule has 0 spiro atoms. The summed E-state index contributed by atoms with van der Waals surface area (Å²) in [6.45, 7) is 5.70. The van der Waals surface area contributed by atoms with Crippen LogP contribution in [0.25, 0.3) is 0 Å². The lowest BCUT2D eigenvalue weighted by Crippen LogP contribution is -2.35. The Morgan fingerprint density at radius 1 is 0.925 bits per heavy atom. The van der Waals surface area contributed by atoms with Gasteiger partial charge in [0, 0.05) is 52.5 Å². The molecule has 1 aliphatic rings. The van der Waals surface area contributed by atoms with Gasteiger partial charge < -0.3 is 30.4 Å². The van der Waals surface area contributed by atoms with Crippen LogP contribution in [0.3, 0.4) is 0 Å². The van der Waals surface area contributed by atoms with Crippen molar-refractivity contribution in [2.24, 2.45) is 0 Å². The summed E-state index contributed by atoms with van der Waals surface area (Å²) in [5.74, 6) is 0.330. The molecule has 9 nitrogen and oxygen atoms in total. The summed E-state index contributed by atoms with van der Waals surface area (Å²) in [4.78, 5) is 35.6. The lowest BCUT2D eigenvalue weighted by molar-refractivity contribution is -0.113. The quantitative estimate of drug-likeness (QED) is 0.243. The minimum absolute atomic E-state index is 0.219. The Bertz CT molecular complexity index is 1390. The molecule has 0 radical (unpaired) electrons. The molecule has 2 amide bonds. The zero-order valence-electron chi connectivity index (χ0n) is 23.3. The van der Waals surface area contributed by atoms with E-state index >= 15 is 0 Å². The first-order chi connectivity index (χ1) is 19.2. The number of anilines is 2. The highest BCUT2D eigenvalue weighted by Crippen LogP contribution is 2.41. The van der Waals surface area contributed by atoms with E-state index in [-0.39, 0.29) is 17.0 Å². The molecule has 0 unspecified atom stereocenters. The first-order valence-electron chi connectivity index (χ1n) is 13.1. The van der Waals surface area contributed by atoms with E-state index in [0.29, 0.717) is 63.4 Å². The number of hydrogen-bond donors (Lipinski definition) is 4. The predicted octanol–water partition coefficient (Wildman–Crippen LogP) is 5.94. The first kappa shape index (κ1) is 28.8. The van der Waals surface area contributed by atoms with E-state index in [9.17, 15) is 9.59 Å². The number of imidazole rings is 1. The van der Waals surface area contributed by atoms with Crippen LogP contribution in [0.5, 0.6) is 11.5 Å². The maximum Gasteiger partial charge on any atom is 0.254 e. The number of methoxy groups -OCH3 is 2. The second-order valence-corrected chi connectivity index (χ2v) is 9.86. The van der Waals surface area contributed by atoms with Gasteiger partial charge in [-0.15, -0.1) is 0 Å². The van der Waals surface area contributed by atoms with Gasteiger partial charge in [0.25, 0.3) is 11.8 Å². The molecule has 0 aliphatic carbocycles. The molecule has 0 fully saturated rings. The van der Waals surface area contributed by atoms with Crippen LogP contribution in [0.1, 0.15) is 51.0 Å². The molecule has 40 heavy (non-hydrogen) atoms. The molecular formula is C30H34ClN5O4. The lowest BCUT2D eigenvalue weighted by atomic mass is 9.82. The summed E-state index contributed by atoms with van der Waals surface area (Å²) in [6.07, 6.45) is 2.61. The first-order valence-corrected chi connectivity index (χ1v) is 13.5. The van der Waals surface area contributed by atoms with Gasteiger partial charge in [-0.05, 0) is 44.5 Å². The van der Waals surface area contributed by atoms with Gasteiger partial charge in [-0.2, -0.15) is 0 Å². The fourth-order valence-electron chi connectivity index (χ4n) is 4.75. The van der Waals surface area contributed by atoms with Crippen LogP contribution in [0, 0.1) is 0 Å². The molecule has 2 heterocycles. The van der Waals surface area contributed by atoms with E-state index < -0.39 is 5.92 Å². The monoisotopic (exact) mass is 563 g/mol. The number of carbonyl (C=O) groups excluding carboxylic acids is 2. The SMILES string of the molecule is CCCCc1nc(Cl)c(C2C(C(=O)Nc3cccc(OC)c3)=C(C)NC(C)=C2C(=O)Nc2cccc(OC)c2)[nH]1. The van der Waals surface area contributed by atoms with E-state index in [1.54, 1.807) is 76.6 Å². The van der Waals surface area contributed by atoms with Crippen LogP contribution in [0.2, 0.25) is 5.15 Å². The normalized spacial score (nSPS) is 13.7. The number of nitrogens with zero attached hydrogens (tertiary/aromatic N) is 1. The fraction of sp³-hybridized carbons (Fsp3) is 0.300. The molecule has 10 heteroatoms. The molecule has 4 N–H and O–H groups in total. The second-order valence-electron chi connectivity index (χ2n) is 9.50. The summed E-state index contributed by atoms with van der Waals surface area (Å²) >= 11 is 6.69. The van der Waals surface area contributed by atoms with E-state index in [4.69, 9.17) is 21.1 Å². The van der Waals surface area contributed by atoms with Crippen LogP contribution in [-0.4, -0.2) is 36.0 Å². The summed E-state index contributed by atoms with van der Waals surface area (Å²) in [5.41, 5.74) is 3.48. The van der Waals surface area contributed by atoms with Crippen molar-refractivity contribution in [3.05, 3.63) is 87.7 Å². The van der Waals surface area contributed by atoms with Gasteiger partial charge in [-0.3, -0.25) is 9.59 Å². The van der Waals surface area contributed by atoms with Crippen molar-refractivity contribution in [2.45, 2.75) is 46.0 Å². The standard InChI is InChI=1S/C30H34ClN5O4/c1-6-7-14-23-35-27(28(31)36-23)26-24(29(37)33-19-10-8-12-21(15-19)39-4)17(2)32-18(3)25(26)30(38)34-20-11-9-13-22(16-20)40-5/h8-13,15-16,26,32H,6-7,14H2,1-5H3,(H,33,37)(H,34,38)(H,35,36). The van der Waals surface area contributed by atoms with E-state index in [0.717, 1.165) is 12.8 Å². The van der Waals surface area contributed by atoms with Crippen LogP contribution < -0.4 is 25.4 Å². The van der Waals surface area contributed by atoms with Gasteiger partial charge in [-0.25, -0.2) is 4.98 Å². The van der Waals surface area contributed by atoms with Crippen molar-refractivity contribution in [3.63, 3.8) is 0 Å². The molecule has 0 atom stereocenters. The second kappa shape index (κ2) is 12.7. The Kier molecular flexibility index (Phi) is 9.16. The summed E-state index contributed by atoms with van der Waals surface area (Å²) in [5, 5.41) is 9.35. The largest absolute Gasteiger partial charge is 0.497 e. The smallest absolute Gasteiger partial charge is 0.254 e. The molecule has 0 saturated carbocycles. The molecule has 3 aromatic rings. The van der Waals surface area contributed by atoms with Crippen LogP contribution in [0.15, 0.2) is 71.1 Å². The predicted molar refractivity (Wildman–Crippen MR) is 157 cm³/mol. The fourth-order valence-corrected chi connectivity index (χ4v) is 5.01. The Morgan fingerprint density at radius 3 is 1.93 bits per heavy atom. The van der Waals surface area contributed by atoms with Gasteiger partial charge in [0.2, 0.25) is 0 Å². The maximum atomic E-state index is 13.9. The van der Waals surface area contributed by atoms with E-state index in [2.05, 4.69) is 32.8 Å². The topological polar surface area (TPSA) is 117 Å². The third-order valence-electron chi connectivity index (χ3n) is 6.69. The highest BCUT2D eigenvalue weighted by Gasteiger charge is 2.39. The zero-order chi connectivity index (χ0) is 28.8. The van der Waals surface area contributed by atoms with Gasteiger partial charge in [0.1, 0.15) is 17.3 Å². The van der Waals surface area contributed by atoms with Crippen molar-refractivity contribution < 1.29 is 19.1 Å². The van der Waals surface area contributed by atoms with Crippen molar-refractivity contribution in [2.75, 3.05) is 24.9 Å². The Hall–Kier alpha value is -4.24. The summed E-state index contributed by atoms with van der Waals surface area (Å²) in [7, 11) is 3.12. The van der Waals surface area contributed by atoms with Gasteiger partial charge >= 0.3 is 0 Å². The number of allylic oxidation sites excluding steroid dienone is 2. The van der Waals surface area contributed by atoms with Gasteiger partial charge in [0.15, 0.2) is 5.15 Å². The average Bonchev–Trinajstić information content (AvgIpc) is 3.31. The van der Waals surface area contributed by atoms with Crippen LogP contribution >= 0.6 is 11.6 Å². The molecule has 0 bridgehead atoms. The number of aryl methyl sites for hydroxylation is 1. The van der Waals surface area contributed by atoms with Gasteiger partial charge in [-0.1, -0.05) is 37.1 Å². The molecule has 4 rings (SSSR count). The molecule has 2 aromatic carbocycles. The maximum absolute atomic E-state index is 13.9. The van der Waals surface area contributed by atoms with Crippen molar-refractivity contribution in [3.8, 4) is 11.5 Å². The number of aromatic nitrogens is 2. The summed E-state index contributed by atoms with van der Waals surface area (Å²) in [6, 6.07) is 14.1. The molecular weight excluding hydrogens is 530 g/mol. The minimum atomic E-state index is -0.812. The number of carbonyl (C=O) groups is 2. The number of dihydropyridines is 1.